The summed E-state index contributed by atoms with van der Waals surface area (Å²) >= 11 is 0. The van der Waals surface area contributed by atoms with E-state index < -0.39 is 70.9 Å². The lowest BCUT2D eigenvalue weighted by Gasteiger charge is -2.16. The van der Waals surface area contributed by atoms with E-state index in [0.29, 0.717) is 0 Å². The van der Waals surface area contributed by atoms with E-state index in [0.717, 1.165) is 0 Å². The second kappa shape index (κ2) is 7.16. The standard InChI is InChI=1S/C14H5BF10O3/c16-8-7(9(17)11(19)12(10(8)18)28-15(26)27)4-1-5(13(20,21)22)3-6(2-4)14(23,24)25/h1-3,26-27H. The number of benzene rings is 2. The molecule has 14 heteroatoms. The van der Waals surface area contributed by atoms with Crippen molar-refractivity contribution in [1.82, 2.24) is 0 Å². The van der Waals surface area contributed by atoms with Crippen LogP contribution in [0.1, 0.15) is 11.1 Å². The fourth-order valence-electron chi connectivity index (χ4n) is 2.17. The highest BCUT2D eigenvalue weighted by atomic mass is 19.4. The predicted octanol–water partition coefficient (Wildman–Crippen LogP) is 4.30. The summed E-state index contributed by atoms with van der Waals surface area (Å²) < 4.78 is 137. The first-order valence-electron chi connectivity index (χ1n) is 6.83. The molecule has 0 saturated carbocycles. The molecule has 0 radical (unpaired) electrons. The van der Waals surface area contributed by atoms with Crippen molar-refractivity contribution in [1.29, 1.82) is 0 Å². The molecular formula is C14H5BF10O3. The highest BCUT2D eigenvalue weighted by Crippen LogP contribution is 2.41. The minimum Gasteiger partial charge on any atom is -0.507 e. The molecule has 3 nitrogen and oxygen atoms in total. The largest absolute Gasteiger partial charge is 0.707 e. The normalized spacial score (nSPS) is 12.3. The van der Waals surface area contributed by atoms with Crippen LogP contribution in [0.25, 0.3) is 11.1 Å². The number of hydrogen-bond acceptors (Lipinski definition) is 3. The first-order valence-corrected chi connectivity index (χ1v) is 6.83. The number of hydrogen-bond donors (Lipinski definition) is 2. The second-order valence-electron chi connectivity index (χ2n) is 5.20. The van der Waals surface area contributed by atoms with Crippen LogP contribution in [0.3, 0.4) is 0 Å². The molecule has 0 atom stereocenters. The van der Waals surface area contributed by atoms with Crippen LogP contribution in [0, 0.1) is 23.3 Å². The minimum absolute atomic E-state index is 0.142. The number of halogens is 10. The Morgan fingerprint density at radius 1 is 0.679 bits per heavy atom. The average molecular weight is 422 g/mol. The van der Waals surface area contributed by atoms with Gasteiger partial charge in [-0.3, -0.25) is 0 Å². The summed E-state index contributed by atoms with van der Waals surface area (Å²) in [6, 6.07) is -0.639. The second-order valence-corrected chi connectivity index (χ2v) is 5.20. The van der Waals surface area contributed by atoms with Gasteiger partial charge in [0.25, 0.3) is 0 Å². The average Bonchev–Trinajstić information content (AvgIpc) is 2.55. The fourth-order valence-corrected chi connectivity index (χ4v) is 2.17. The maximum Gasteiger partial charge on any atom is 0.707 e. The predicted molar refractivity (Wildman–Crippen MR) is 72.5 cm³/mol. The zero-order valence-electron chi connectivity index (χ0n) is 12.9. The summed E-state index contributed by atoms with van der Waals surface area (Å²) in [5, 5.41) is 17.0. The molecule has 2 rings (SSSR count). The number of rotatable bonds is 3. The molecule has 2 aromatic rings. The molecule has 0 heterocycles. The maximum absolute atomic E-state index is 14.1. The summed E-state index contributed by atoms with van der Waals surface area (Å²) in [7, 11) is -2.93. The van der Waals surface area contributed by atoms with Gasteiger partial charge in [-0.15, -0.1) is 0 Å². The third kappa shape index (κ3) is 4.17. The van der Waals surface area contributed by atoms with Gasteiger partial charge in [0.05, 0.1) is 16.7 Å². The van der Waals surface area contributed by atoms with Crippen molar-refractivity contribution < 1.29 is 58.6 Å². The summed E-state index contributed by atoms with van der Waals surface area (Å²) in [6.07, 6.45) is -10.8. The SMILES string of the molecule is OB(O)Oc1c(F)c(F)c(-c2cc(C(F)(F)F)cc(C(F)(F)F)c2)c(F)c1F. The lowest BCUT2D eigenvalue weighted by molar-refractivity contribution is -0.143. The Bertz CT molecular complexity index is 846. The van der Waals surface area contributed by atoms with Gasteiger partial charge in [-0.25, -0.2) is 8.78 Å². The molecule has 2 N–H and O–H groups in total. The molecule has 152 valence electrons. The Morgan fingerprint density at radius 2 is 1.07 bits per heavy atom. The van der Waals surface area contributed by atoms with Gasteiger partial charge in [0, 0.05) is 0 Å². The van der Waals surface area contributed by atoms with Crippen molar-refractivity contribution in [2.24, 2.45) is 0 Å². The van der Waals surface area contributed by atoms with E-state index in [1.807, 2.05) is 0 Å². The van der Waals surface area contributed by atoms with Crippen molar-refractivity contribution >= 4 is 7.32 Å². The summed E-state index contributed by atoms with van der Waals surface area (Å²) in [6.45, 7) is 0. The van der Waals surface area contributed by atoms with E-state index >= 15 is 0 Å². The third-order valence-electron chi connectivity index (χ3n) is 3.32. The Kier molecular flexibility index (Phi) is 5.58. The summed E-state index contributed by atoms with van der Waals surface area (Å²) in [5.41, 5.74) is -7.32. The van der Waals surface area contributed by atoms with Crippen LogP contribution >= 0.6 is 0 Å². The zero-order valence-corrected chi connectivity index (χ0v) is 12.9. The van der Waals surface area contributed by atoms with Crippen molar-refractivity contribution in [3.05, 3.63) is 52.6 Å². The Labute approximate surface area is 149 Å². The maximum atomic E-state index is 14.1. The smallest absolute Gasteiger partial charge is 0.507 e. The van der Waals surface area contributed by atoms with E-state index in [2.05, 4.69) is 4.65 Å². The van der Waals surface area contributed by atoms with Crippen molar-refractivity contribution in [3.63, 3.8) is 0 Å². The van der Waals surface area contributed by atoms with Crippen molar-refractivity contribution in [3.8, 4) is 16.9 Å². The topological polar surface area (TPSA) is 49.7 Å². The fraction of sp³-hybridized carbons (Fsp3) is 0.143. The molecule has 0 unspecified atom stereocenters. The molecule has 28 heavy (non-hydrogen) atoms. The minimum atomic E-state index is -5.38. The van der Waals surface area contributed by atoms with Gasteiger partial charge in [0.1, 0.15) is 0 Å². The molecule has 0 aliphatic carbocycles. The molecule has 0 aliphatic heterocycles. The van der Waals surface area contributed by atoms with E-state index in [9.17, 15) is 43.9 Å². The van der Waals surface area contributed by atoms with E-state index in [-0.39, 0.29) is 18.2 Å². The van der Waals surface area contributed by atoms with Crippen molar-refractivity contribution in [2.45, 2.75) is 12.4 Å². The van der Waals surface area contributed by atoms with E-state index in [1.54, 1.807) is 0 Å². The van der Waals surface area contributed by atoms with E-state index in [4.69, 9.17) is 10.0 Å². The van der Waals surface area contributed by atoms with Crippen LogP contribution in [0.15, 0.2) is 18.2 Å². The monoisotopic (exact) mass is 422 g/mol. The van der Waals surface area contributed by atoms with Crippen LogP contribution in [0.5, 0.6) is 5.75 Å². The van der Waals surface area contributed by atoms with Crippen molar-refractivity contribution in [2.75, 3.05) is 0 Å². The summed E-state index contributed by atoms with van der Waals surface area (Å²) in [4.78, 5) is 0. The first-order chi connectivity index (χ1) is 12.6. The van der Waals surface area contributed by atoms with Gasteiger partial charge < -0.3 is 14.7 Å². The van der Waals surface area contributed by atoms with Gasteiger partial charge in [0.15, 0.2) is 17.4 Å². The first kappa shape index (κ1) is 21.8. The van der Waals surface area contributed by atoms with Crippen LogP contribution in [0.4, 0.5) is 43.9 Å². The van der Waals surface area contributed by atoms with Crippen LogP contribution < -0.4 is 4.65 Å². The Morgan fingerprint density at radius 3 is 1.39 bits per heavy atom. The van der Waals surface area contributed by atoms with Crippen LogP contribution in [0.2, 0.25) is 0 Å². The van der Waals surface area contributed by atoms with E-state index in [1.165, 1.54) is 0 Å². The third-order valence-corrected chi connectivity index (χ3v) is 3.32. The highest BCUT2D eigenvalue weighted by Gasteiger charge is 2.38. The van der Waals surface area contributed by atoms with Crippen LogP contribution in [-0.2, 0) is 12.4 Å². The van der Waals surface area contributed by atoms with Gasteiger partial charge in [-0.05, 0) is 23.8 Å². The quantitative estimate of drug-likeness (QED) is 0.441. The molecule has 0 spiro atoms. The summed E-state index contributed by atoms with van der Waals surface area (Å²) in [5.74, 6) is -11.6. The molecule has 0 aromatic heterocycles. The molecule has 0 bridgehead atoms. The lowest BCUT2D eigenvalue weighted by Crippen LogP contribution is -2.23. The van der Waals surface area contributed by atoms with Gasteiger partial charge in [0.2, 0.25) is 11.6 Å². The molecule has 2 aromatic carbocycles. The van der Waals surface area contributed by atoms with Gasteiger partial charge in [-0.1, -0.05) is 0 Å². The zero-order chi connectivity index (χ0) is 21.6. The Hall–Kier alpha value is -2.48. The Balaban J connectivity index is 2.85. The molecule has 0 aliphatic rings. The number of alkyl halides is 6. The molecule has 0 saturated heterocycles. The van der Waals surface area contributed by atoms with Gasteiger partial charge in [-0.2, -0.15) is 35.1 Å². The molecule has 0 amide bonds. The molecule has 0 fully saturated rings. The molecular weight excluding hydrogens is 417 g/mol. The lowest BCUT2D eigenvalue weighted by atomic mass is 9.97. The van der Waals surface area contributed by atoms with Gasteiger partial charge >= 0.3 is 19.7 Å². The van der Waals surface area contributed by atoms with Crippen LogP contribution in [-0.4, -0.2) is 17.4 Å². The highest BCUT2D eigenvalue weighted by molar-refractivity contribution is 6.33.